The molecular weight excluding hydrogens is 440 g/mol. The molecule has 3 rings (SSSR count). The zero-order chi connectivity index (χ0) is 24.7. The van der Waals surface area contributed by atoms with Gasteiger partial charge in [0.1, 0.15) is 17.1 Å². The average Bonchev–Trinajstić information content (AvgIpc) is 2.87. The van der Waals surface area contributed by atoms with Crippen molar-refractivity contribution in [1.82, 2.24) is 4.98 Å². The van der Waals surface area contributed by atoms with Gasteiger partial charge in [-0.05, 0) is 55.1 Å². The summed E-state index contributed by atoms with van der Waals surface area (Å²) in [6.07, 6.45) is 2.33. The molecule has 1 unspecified atom stereocenters. The van der Waals surface area contributed by atoms with E-state index in [4.69, 9.17) is 19.9 Å². The Hall–Kier alpha value is -2.42. The molecule has 1 amide bonds. The van der Waals surface area contributed by atoms with Gasteiger partial charge in [0.25, 0.3) is 0 Å². The average molecular weight is 479 g/mol. The van der Waals surface area contributed by atoms with Crippen molar-refractivity contribution in [3.05, 3.63) is 54.4 Å². The maximum absolute atomic E-state index is 13.5. The predicted octanol–water partition coefficient (Wildman–Crippen LogP) is 3.84. The molecule has 0 saturated carbocycles. The summed E-state index contributed by atoms with van der Waals surface area (Å²) in [6.45, 7) is 9.89. The lowest BCUT2D eigenvalue weighted by atomic mass is 9.98. The Balaban J connectivity index is 0.00000129. The first kappa shape index (κ1) is 28.6. The largest absolute Gasteiger partial charge is 0.491 e. The van der Waals surface area contributed by atoms with Crippen LogP contribution in [0.5, 0.6) is 5.75 Å². The van der Waals surface area contributed by atoms with Crippen LogP contribution in [-0.4, -0.2) is 52.1 Å². The number of ether oxygens (including phenoxy) is 3. The van der Waals surface area contributed by atoms with E-state index >= 15 is 0 Å². The van der Waals surface area contributed by atoms with E-state index in [-0.39, 0.29) is 0 Å². The molecule has 0 radical (unpaired) electrons. The second-order valence-corrected chi connectivity index (χ2v) is 9.44. The molecule has 33 heavy (non-hydrogen) atoms. The van der Waals surface area contributed by atoms with Crippen LogP contribution < -0.4 is 10.5 Å². The fraction of sp³-hybridized carbons (Fsp3) is 0.480. The zero-order valence-corrected chi connectivity index (χ0v) is 21.1. The Morgan fingerprint density at radius 3 is 2.27 bits per heavy atom. The standard InChI is InChI=1S/C21H26N2O5S.2C2H6/c1-29(25,21(20(22)24)9-12-26-13-10-21)19-7-5-18(6-8-19)28-15-14-27-16-17-4-2-3-11-23-17;2*1-2/h2-8,11H,1,9-10,12-16H2,(H2,22,24);2*1-2H3. The van der Waals surface area contributed by atoms with E-state index in [1.165, 1.54) is 0 Å². The van der Waals surface area contributed by atoms with Gasteiger partial charge in [-0.15, -0.1) is 0 Å². The van der Waals surface area contributed by atoms with Crippen LogP contribution in [0.1, 0.15) is 46.2 Å². The molecule has 1 saturated heterocycles. The Morgan fingerprint density at radius 2 is 1.73 bits per heavy atom. The minimum atomic E-state index is -2.94. The number of carbonyl (C=O) groups excluding carboxylic acids is 1. The Morgan fingerprint density at radius 1 is 1.09 bits per heavy atom. The molecule has 0 spiro atoms. The Bertz CT molecular complexity index is 910. The topological polar surface area (TPSA) is 101 Å². The lowest BCUT2D eigenvalue weighted by Gasteiger charge is -2.37. The van der Waals surface area contributed by atoms with Gasteiger partial charge in [-0.3, -0.25) is 14.0 Å². The molecule has 1 fully saturated rings. The summed E-state index contributed by atoms with van der Waals surface area (Å²) in [5, 5.41) is 0. The first-order chi connectivity index (χ1) is 16.0. The van der Waals surface area contributed by atoms with Gasteiger partial charge in [0.15, 0.2) is 0 Å². The smallest absolute Gasteiger partial charge is 0.236 e. The van der Waals surface area contributed by atoms with Crippen LogP contribution in [0.4, 0.5) is 0 Å². The van der Waals surface area contributed by atoms with Gasteiger partial charge in [0.05, 0.1) is 18.9 Å². The quantitative estimate of drug-likeness (QED) is 0.434. The predicted molar refractivity (Wildman–Crippen MR) is 134 cm³/mol. The van der Waals surface area contributed by atoms with E-state index in [1.807, 2.05) is 45.9 Å². The molecule has 0 aliphatic carbocycles. The molecule has 184 valence electrons. The van der Waals surface area contributed by atoms with Crippen LogP contribution >= 0.6 is 0 Å². The summed E-state index contributed by atoms with van der Waals surface area (Å²) in [5.41, 5.74) is 6.49. The number of benzene rings is 1. The monoisotopic (exact) mass is 478 g/mol. The molecule has 2 aromatic rings. The molecule has 1 aromatic heterocycles. The van der Waals surface area contributed by atoms with E-state index in [9.17, 15) is 9.00 Å². The summed E-state index contributed by atoms with van der Waals surface area (Å²) < 4.78 is 28.8. The number of rotatable bonds is 9. The normalized spacial score (nSPS) is 16.1. The summed E-state index contributed by atoms with van der Waals surface area (Å²) in [7, 11) is -2.94. The van der Waals surface area contributed by atoms with Crippen molar-refractivity contribution in [1.29, 1.82) is 0 Å². The third kappa shape index (κ3) is 7.55. The van der Waals surface area contributed by atoms with Gasteiger partial charge in [0.2, 0.25) is 5.91 Å². The highest BCUT2D eigenvalue weighted by Crippen LogP contribution is 2.35. The lowest BCUT2D eigenvalue weighted by molar-refractivity contribution is -0.122. The lowest BCUT2D eigenvalue weighted by Crippen LogP contribution is -2.53. The van der Waals surface area contributed by atoms with Crippen LogP contribution in [-0.2, 0) is 30.4 Å². The molecule has 1 aromatic carbocycles. The highest BCUT2D eigenvalue weighted by Gasteiger charge is 2.46. The van der Waals surface area contributed by atoms with Crippen molar-refractivity contribution in [2.45, 2.75) is 56.8 Å². The van der Waals surface area contributed by atoms with Crippen molar-refractivity contribution in [2.75, 3.05) is 26.4 Å². The van der Waals surface area contributed by atoms with Gasteiger partial charge in [-0.25, -0.2) is 0 Å². The van der Waals surface area contributed by atoms with Crippen molar-refractivity contribution >= 4 is 21.3 Å². The zero-order valence-electron chi connectivity index (χ0n) is 20.2. The highest BCUT2D eigenvalue weighted by atomic mass is 32.2. The highest BCUT2D eigenvalue weighted by molar-refractivity contribution is 8.02. The maximum Gasteiger partial charge on any atom is 0.236 e. The molecule has 1 aliphatic heterocycles. The summed E-state index contributed by atoms with van der Waals surface area (Å²) in [4.78, 5) is 16.8. The summed E-state index contributed by atoms with van der Waals surface area (Å²) >= 11 is 0. The number of nitrogens with zero attached hydrogens (tertiary/aromatic N) is 1. The maximum atomic E-state index is 13.5. The van der Waals surface area contributed by atoms with Crippen molar-refractivity contribution in [2.24, 2.45) is 5.73 Å². The van der Waals surface area contributed by atoms with E-state index in [0.29, 0.717) is 56.5 Å². The number of primary amides is 1. The van der Waals surface area contributed by atoms with Crippen LogP contribution in [0, 0.1) is 0 Å². The van der Waals surface area contributed by atoms with Crippen molar-refractivity contribution < 1.29 is 23.2 Å². The second-order valence-electron chi connectivity index (χ2n) is 6.84. The fourth-order valence-electron chi connectivity index (χ4n) is 3.30. The number of carbonyl (C=O) groups is 1. The minimum absolute atomic E-state index is 0.302. The minimum Gasteiger partial charge on any atom is -0.491 e. The third-order valence-corrected chi connectivity index (χ3v) is 7.96. The number of pyridine rings is 1. The van der Waals surface area contributed by atoms with Gasteiger partial charge >= 0.3 is 0 Å². The number of nitrogens with two attached hydrogens (primary N) is 1. The van der Waals surface area contributed by atoms with E-state index in [2.05, 4.69) is 10.9 Å². The number of hydrogen-bond acceptors (Lipinski definition) is 6. The molecule has 8 heteroatoms. The van der Waals surface area contributed by atoms with Crippen LogP contribution in [0.25, 0.3) is 0 Å². The molecule has 2 heterocycles. The first-order valence-corrected chi connectivity index (χ1v) is 13.1. The molecule has 1 atom stereocenters. The molecular formula is C25H38N2O5S. The molecule has 1 aliphatic rings. The van der Waals surface area contributed by atoms with E-state index in [1.54, 1.807) is 30.5 Å². The molecule has 2 N–H and O–H groups in total. The van der Waals surface area contributed by atoms with E-state index in [0.717, 1.165) is 5.69 Å². The van der Waals surface area contributed by atoms with Crippen molar-refractivity contribution in [3.8, 4) is 5.75 Å². The summed E-state index contributed by atoms with van der Waals surface area (Å²) in [6, 6.07) is 12.5. The van der Waals surface area contributed by atoms with Gasteiger partial charge in [0, 0.05) is 33.8 Å². The van der Waals surface area contributed by atoms with Crippen LogP contribution in [0.15, 0.2) is 53.6 Å². The molecule has 7 nitrogen and oxygen atoms in total. The van der Waals surface area contributed by atoms with E-state index < -0.39 is 20.2 Å². The second kappa shape index (κ2) is 14.7. The molecule has 0 bridgehead atoms. The SMILES string of the molecule is C=S(=O)(c1ccc(OCCOCc2ccccn2)cc1)C1(C(N)=O)CCOCC1.CC.CC. The number of aromatic nitrogens is 1. The van der Waals surface area contributed by atoms with Crippen molar-refractivity contribution in [3.63, 3.8) is 0 Å². The van der Waals surface area contributed by atoms with Gasteiger partial charge in [-0.2, -0.15) is 0 Å². The Labute approximate surface area is 198 Å². The van der Waals surface area contributed by atoms with Crippen LogP contribution in [0.2, 0.25) is 0 Å². The third-order valence-electron chi connectivity index (χ3n) is 5.06. The number of amides is 1. The number of hydrogen-bond donors (Lipinski definition) is 1. The summed E-state index contributed by atoms with van der Waals surface area (Å²) in [5.74, 6) is 3.93. The van der Waals surface area contributed by atoms with Gasteiger partial charge in [-0.1, -0.05) is 33.8 Å². The van der Waals surface area contributed by atoms with Crippen LogP contribution in [0.3, 0.4) is 0 Å². The van der Waals surface area contributed by atoms with Gasteiger partial charge < -0.3 is 19.9 Å². The fourth-order valence-corrected chi connectivity index (χ4v) is 5.48. The first-order valence-electron chi connectivity index (χ1n) is 11.4. The Kier molecular flexibility index (Phi) is 12.7.